The number of allylic oxidation sites excluding steroid dienone is 3. The fraction of sp³-hybridized carbons (Fsp3) is 0.261. The highest BCUT2D eigenvalue weighted by Crippen LogP contribution is 2.27. The van der Waals surface area contributed by atoms with Crippen LogP contribution in [0.15, 0.2) is 78.5 Å². The lowest BCUT2D eigenvalue weighted by Crippen LogP contribution is -2.37. The summed E-state index contributed by atoms with van der Waals surface area (Å²) in [5.74, 6) is -0.113. The third-order valence-corrected chi connectivity index (χ3v) is 5.85. The quantitative estimate of drug-likeness (QED) is 0.346. The van der Waals surface area contributed by atoms with Crippen molar-refractivity contribution in [2.45, 2.75) is 12.8 Å². The van der Waals surface area contributed by atoms with E-state index in [-0.39, 0.29) is 18.2 Å². The largest absolute Gasteiger partial charge is 0.497 e. The normalized spacial score (nSPS) is 13.3. The summed E-state index contributed by atoms with van der Waals surface area (Å²) >= 11 is 0. The van der Waals surface area contributed by atoms with Crippen LogP contribution in [0, 0.1) is 0 Å². The van der Waals surface area contributed by atoms with Gasteiger partial charge >= 0.3 is 16.2 Å². The molecule has 0 radical (unpaired) electrons. The standard InChI is InChI=1S/C23H28N2O5S/c1-5-30-23(26)22(24-31(27,28)25(2)3)13-9-12-21(18-10-7-6-8-11-18)19-14-16-20(29-4)17-15-19/h6-17,21,24H,5H2,1-4H3/b12-9+,22-13-. The molecule has 1 atom stereocenters. The summed E-state index contributed by atoms with van der Waals surface area (Å²) in [5.41, 5.74) is 1.89. The number of benzene rings is 2. The molecule has 0 saturated carbocycles. The summed E-state index contributed by atoms with van der Waals surface area (Å²) in [7, 11) is 0.496. The zero-order chi connectivity index (χ0) is 22.9. The van der Waals surface area contributed by atoms with Crippen LogP contribution in [0.2, 0.25) is 0 Å². The average Bonchev–Trinajstić information content (AvgIpc) is 2.76. The molecule has 0 heterocycles. The number of carbonyl (C=O) groups excluding carboxylic acids is 1. The molecular weight excluding hydrogens is 416 g/mol. The molecule has 1 N–H and O–H groups in total. The Morgan fingerprint density at radius 1 is 1.06 bits per heavy atom. The molecule has 0 amide bonds. The molecule has 7 nitrogen and oxygen atoms in total. The minimum absolute atomic E-state index is 0.114. The molecular formula is C23H28N2O5S. The van der Waals surface area contributed by atoms with Crippen molar-refractivity contribution in [2.24, 2.45) is 0 Å². The van der Waals surface area contributed by atoms with E-state index < -0.39 is 16.2 Å². The molecule has 0 bridgehead atoms. The summed E-state index contributed by atoms with van der Waals surface area (Å²) in [6, 6.07) is 17.5. The van der Waals surface area contributed by atoms with E-state index in [9.17, 15) is 13.2 Å². The number of esters is 1. The first-order valence-electron chi connectivity index (χ1n) is 9.73. The molecule has 166 valence electrons. The molecule has 0 aliphatic heterocycles. The van der Waals surface area contributed by atoms with Gasteiger partial charge in [-0.05, 0) is 36.3 Å². The number of methoxy groups -OCH3 is 1. The third kappa shape index (κ3) is 6.97. The Kier molecular flexibility index (Phi) is 8.84. The van der Waals surface area contributed by atoms with Crippen molar-refractivity contribution in [1.29, 1.82) is 0 Å². The van der Waals surface area contributed by atoms with E-state index in [1.54, 1.807) is 20.1 Å². The Morgan fingerprint density at radius 3 is 2.23 bits per heavy atom. The lowest BCUT2D eigenvalue weighted by molar-refractivity contribution is -0.138. The first kappa shape index (κ1) is 24.2. The van der Waals surface area contributed by atoms with Crippen molar-refractivity contribution in [1.82, 2.24) is 9.03 Å². The average molecular weight is 445 g/mol. The van der Waals surface area contributed by atoms with Crippen LogP contribution in [-0.2, 0) is 19.7 Å². The minimum Gasteiger partial charge on any atom is -0.497 e. The molecule has 31 heavy (non-hydrogen) atoms. The van der Waals surface area contributed by atoms with Gasteiger partial charge in [0.05, 0.1) is 13.7 Å². The van der Waals surface area contributed by atoms with Crippen LogP contribution in [0.3, 0.4) is 0 Å². The fourth-order valence-electron chi connectivity index (χ4n) is 2.73. The smallest absolute Gasteiger partial charge is 0.355 e. The van der Waals surface area contributed by atoms with Gasteiger partial charge < -0.3 is 9.47 Å². The van der Waals surface area contributed by atoms with E-state index in [0.29, 0.717) is 0 Å². The van der Waals surface area contributed by atoms with Gasteiger partial charge in [0.15, 0.2) is 0 Å². The van der Waals surface area contributed by atoms with Gasteiger partial charge in [-0.25, -0.2) is 4.79 Å². The van der Waals surface area contributed by atoms with Gasteiger partial charge in [-0.3, -0.25) is 4.72 Å². The number of carbonyl (C=O) groups is 1. The summed E-state index contributed by atoms with van der Waals surface area (Å²) in [5, 5.41) is 0. The fourth-order valence-corrected chi connectivity index (χ4v) is 3.34. The summed E-state index contributed by atoms with van der Waals surface area (Å²) in [6.07, 6.45) is 4.94. The lowest BCUT2D eigenvalue weighted by Gasteiger charge is -2.15. The molecule has 8 heteroatoms. The van der Waals surface area contributed by atoms with Gasteiger partial charge in [0.1, 0.15) is 11.4 Å². The summed E-state index contributed by atoms with van der Waals surface area (Å²) in [4.78, 5) is 12.2. The summed E-state index contributed by atoms with van der Waals surface area (Å²) < 4.78 is 37.8. The van der Waals surface area contributed by atoms with Crippen LogP contribution in [0.5, 0.6) is 5.75 Å². The Bertz CT molecular complexity index is 1010. The Morgan fingerprint density at radius 2 is 1.68 bits per heavy atom. The van der Waals surface area contributed by atoms with Gasteiger partial charge in [-0.2, -0.15) is 12.7 Å². The second kappa shape index (κ2) is 11.3. The molecule has 1 unspecified atom stereocenters. The van der Waals surface area contributed by atoms with Crippen molar-refractivity contribution >= 4 is 16.2 Å². The highest BCUT2D eigenvalue weighted by Gasteiger charge is 2.20. The van der Waals surface area contributed by atoms with Crippen molar-refractivity contribution in [3.63, 3.8) is 0 Å². The minimum atomic E-state index is -3.86. The molecule has 2 aromatic rings. The molecule has 0 aliphatic rings. The molecule has 2 aromatic carbocycles. The Balaban J connectivity index is 2.40. The second-order valence-electron chi connectivity index (χ2n) is 6.74. The summed E-state index contributed by atoms with van der Waals surface area (Å²) in [6.45, 7) is 1.78. The van der Waals surface area contributed by atoms with E-state index in [4.69, 9.17) is 9.47 Å². The molecule has 2 rings (SSSR count). The number of ether oxygens (including phenoxy) is 2. The van der Waals surface area contributed by atoms with Crippen molar-refractivity contribution in [3.8, 4) is 5.75 Å². The van der Waals surface area contributed by atoms with E-state index in [0.717, 1.165) is 21.2 Å². The van der Waals surface area contributed by atoms with Crippen molar-refractivity contribution in [3.05, 3.63) is 89.6 Å². The zero-order valence-corrected chi connectivity index (χ0v) is 18.9. The number of hydrogen-bond donors (Lipinski definition) is 1. The highest BCUT2D eigenvalue weighted by molar-refractivity contribution is 7.87. The second-order valence-corrected chi connectivity index (χ2v) is 8.62. The van der Waals surface area contributed by atoms with Gasteiger partial charge in [0, 0.05) is 20.0 Å². The maximum absolute atomic E-state index is 12.2. The van der Waals surface area contributed by atoms with E-state index in [2.05, 4.69) is 4.72 Å². The van der Waals surface area contributed by atoms with Crippen LogP contribution in [0.1, 0.15) is 24.0 Å². The molecule has 0 aliphatic carbocycles. The van der Waals surface area contributed by atoms with E-state index in [1.807, 2.05) is 60.7 Å². The Hall–Kier alpha value is -3.10. The zero-order valence-electron chi connectivity index (χ0n) is 18.1. The van der Waals surface area contributed by atoms with Crippen molar-refractivity contribution < 1.29 is 22.7 Å². The monoisotopic (exact) mass is 444 g/mol. The van der Waals surface area contributed by atoms with Gasteiger partial charge in [0.2, 0.25) is 0 Å². The van der Waals surface area contributed by atoms with Crippen LogP contribution < -0.4 is 9.46 Å². The van der Waals surface area contributed by atoms with Crippen LogP contribution in [0.25, 0.3) is 0 Å². The predicted octanol–water partition coefficient (Wildman–Crippen LogP) is 3.23. The predicted molar refractivity (Wildman–Crippen MR) is 121 cm³/mol. The van der Waals surface area contributed by atoms with Gasteiger partial charge in [-0.15, -0.1) is 0 Å². The highest BCUT2D eigenvalue weighted by atomic mass is 32.2. The number of hydrogen-bond acceptors (Lipinski definition) is 5. The SMILES string of the molecule is CCOC(=O)/C(=C/C=C/C(c1ccccc1)c1ccc(OC)cc1)NS(=O)(=O)N(C)C. The van der Waals surface area contributed by atoms with Crippen LogP contribution >= 0.6 is 0 Å². The molecule has 0 fully saturated rings. The van der Waals surface area contributed by atoms with Gasteiger partial charge in [-0.1, -0.05) is 54.6 Å². The third-order valence-electron chi connectivity index (χ3n) is 4.42. The maximum Gasteiger partial charge on any atom is 0.355 e. The Labute approximate surface area is 184 Å². The van der Waals surface area contributed by atoms with Gasteiger partial charge in [0.25, 0.3) is 0 Å². The molecule has 0 spiro atoms. The first-order chi connectivity index (χ1) is 14.8. The first-order valence-corrected chi connectivity index (χ1v) is 11.2. The van der Waals surface area contributed by atoms with E-state index in [1.165, 1.54) is 20.2 Å². The van der Waals surface area contributed by atoms with Crippen molar-refractivity contribution in [2.75, 3.05) is 27.8 Å². The van der Waals surface area contributed by atoms with E-state index >= 15 is 0 Å². The topological polar surface area (TPSA) is 84.9 Å². The number of nitrogens with zero attached hydrogens (tertiary/aromatic N) is 1. The lowest BCUT2D eigenvalue weighted by atomic mass is 9.91. The number of rotatable bonds is 10. The maximum atomic E-state index is 12.2. The molecule has 0 saturated heterocycles. The number of nitrogens with one attached hydrogen (secondary N) is 1. The van der Waals surface area contributed by atoms with Crippen LogP contribution in [0.4, 0.5) is 0 Å². The molecule has 0 aromatic heterocycles. The van der Waals surface area contributed by atoms with Crippen LogP contribution in [-0.4, -0.2) is 46.5 Å².